The number of imide groups is 1. The molecule has 0 bridgehead atoms. The Morgan fingerprint density at radius 1 is 1.25 bits per heavy atom. The number of carbonyl (C=O) groups is 3. The van der Waals surface area contributed by atoms with Crippen LogP contribution in [-0.2, 0) is 9.53 Å². The Kier molecular flexibility index (Phi) is 4.66. The molecule has 1 unspecified atom stereocenters. The minimum Gasteiger partial charge on any atom is -0.375 e. The van der Waals surface area contributed by atoms with E-state index in [4.69, 9.17) is 4.74 Å². The number of ether oxygens (including phenoxy) is 1. The summed E-state index contributed by atoms with van der Waals surface area (Å²) >= 11 is 0. The smallest absolute Gasteiger partial charge is 0.261 e. The van der Waals surface area contributed by atoms with Crippen LogP contribution < -0.4 is 0 Å². The Morgan fingerprint density at radius 2 is 2.00 bits per heavy atom. The van der Waals surface area contributed by atoms with Crippen LogP contribution in [0.5, 0.6) is 0 Å². The van der Waals surface area contributed by atoms with Gasteiger partial charge in [-0.25, -0.2) is 0 Å². The Balaban J connectivity index is 1.55. The van der Waals surface area contributed by atoms with Gasteiger partial charge in [-0.3, -0.25) is 19.3 Å². The molecule has 24 heavy (non-hydrogen) atoms. The zero-order valence-corrected chi connectivity index (χ0v) is 14.1. The van der Waals surface area contributed by atoms with Gasteiger partial charge in [0.25, 0.3) is 11.8 Å². The topological polar surface area (TPSA) is 66.9 Å². The lowest BCUT2D eigenvalue weighted by Crippen LogP contribution is -2.44. The normalized spacial score (nSPS) is 20.5. The Hall–Kier alpha value is -2.21. The maximum atomic E-state index is 12.4. The molecule has 2 heterocycles. The predicted octanol–water partition coefficient (Wildman–Crippen LogP) is 1.62. The lowest BCUT2D eigenvalue weighted by Gasteiger charge is -2.31. The van der Waals surface area contributed by atoms with Crippen LogP contribution in [0, 0.1) is 6.92 Å². The van der Waals surface area contributed by atoms with Gasteiger partial charge in [0, 0.05) is 26.1 Å². The van der Waals surface area contributed by atoms with Crippen molar-refractivity contribution in [1.82, 2.24) is 9.80 Å². The second-order valence-corrected chi connectivity index (χ2v) is 6.44. The molecule has 6 heteroatoms. The highest BCUT2D eigenvalue weighted by atomic mass is 16.5. The lowest BCUT2D eigenvalue weighted by atomic mass is 10.1. The van der Waals surface area contributed by atoms with Crippen molar-refractivity contribution in [2.24, 2.45) is 0 Å². The highest BCUT2D eigenvalue weighted by Gasteiger charge is 2.35. The zero-order chi connectivity index (χ0) is 17.3. The van der Waals surface area contributed by atoms with Gasteiger partial charge in [-0.05, 0) is 32.4 Å². The van der Waals surface area contributed by atoms with E-state index in [0.717, 1.165) is 5.56 Å². The molecular weight excluding hydrogens is 308 g/mol. The van der Waals surface area contributed by atoms with E-state index in [1.807, 2.05) is 19.9 Å². The second kappa shape index (κ2) is 6.73. The molecule has 1 aromatic rings. The molecule has 1 aromatic carbocycles. The third-order valence-corrected chi connectivity index (χ3v) is 4.49. The Labute approximate surface area is 141 Å². The number of aryl methyl sites for hydroxylation is 1. The molecule has 2 aliphatic rings. The zero-order valence-electron chi connectivity index (χ0n) is 14.1. The number of morpholine rings is 1. The highest BCUT2D eigenvalue weighted by molar-refractivity contribution is 6.21. The van der Waals surface area contributed by atoms with E-state index in [0.29, 0.717) is 43.7 Å². The van der Waals surface area contributed by atoms with Gasteiger partial charge in [0.1, 0.15) is 0 Å². The first-order valence-corrected chi connectivity index (χ1v) is 8.33. The average molecular weight is 330 g/mol. The van der Waals surface area contributed by atoms with Gasteiger partial charge in [0.2, 0.25) is 5.91 Å². The standard InChI is InChI=1S/C18H22N2O4/c1-12-5-6-14-15(10-12)18(23)20(17(14)22)7-3-4-16(21)19-8-9-24-13(2)11-19/h5-6,10,13H,3-4,7-9,11H2,1-2H3. The molecule has 1 saturated heterocycles. The molecule has 0 spiro atoms. The van der Waals surface area contributed by atoms with Crippen LogP contribution in [0.3, 0.4) is 0 Å². The first-order valence-electron chi connectivity index (χ1n) is 8.33. The number of carbonyl (C=O) groups excluding carboxylic acids is 3. The monoisotopic (exact) mass is 330 g/mol. The van der Waals surface area contributed by atoms with E-state index in [1.165, 1.54) is 4.90 Å². The van der Waals surface area contributed by atoms with Crippen LogP contribution in [0.15, 0.2) is 18.2 Å². The lowest BCUT2D eigenvalue weighted by molar-refractivity contribution is -0.138. The van der Waals surface area contributed by atoms with Crippen molar-refractivity contribution in [3.8, 4) is 0 Å². The quantitative estimate of drug-likeness (QED) is 0.787. The molecule has 3 rings (SSSR count). The Bertz CT molecular complexity index is 686. The van der Waals surface area contributed by atoms with E-state index in [9.17, 15) is 14.4 Å². The number of hydrogen-bond donors (Lipinski definition) is 0. The van der Waals surface area contributed by atoms with Crippen LogP contribution in [-0.4, -0.2) is 59.9 Å². The van der Waals surface area contributed by atoms with Crippen LogP contribution in [0.4, 0.5) is 0 Å². The van der Waals surface area contributed by atoms with Gasteiger partial charge < -0.3 is 9.64 Å². The number of rotatable bonds is 4. The number of fused-ring (bicyclic) bond motifs is 1. The molecule has 2 aliphatic heterocycles. The van der Waals surface area contributed by atoms with Crippen molar-refractivity contribution in [2.45, 2.75) is 32.8 Å². The predicted molar refractivity (Wildman–Crippen MR) is 87.8 cm³/mol. The molecular formula is C18H22N2O4. The van der Waals surface area contributed by atoms with E-state index in [-0.39, 0.29) is 30.4 Å². The van der Waals surface area contributed by atoms with Crippen molar-refractivity contribution in [3.63, 3.8) is 0 Å². The maximum absolute atomic E-state index is 12.4. The molecule has 0 saturated carbocycles. The van der Waals surface area contributed by atoms with Gasteiger partial charge in [-0.1, -0.05) is 11.6 Å². The third kappa shape index (κ3) is 3.19. The summed E-state index contributed by atoms with van der Waals surface area (Å²) in [7, 11) is 0. The maximum Gasteiger partial charge on any atom is 0.261 e. The fraction of sp³-hybridized carbons (Fsp3) is 0.500. The summed E-state index contributed by atoms with van der Waals surface area (Å²) in [6.07, 6.45) is 0.871. The van der Waals surface area contributed by atoms with Crippen molar-refractivity contribution >= 4 is 17.7 Å². The van der Waals surface area contributed by atoms with Crippen molar-refractivity contribution in [2.75, 3.05) is 26.2 Å². The minimum absolute atomic E-state index is 0.0533. The second-order valence-electron chi connectivity index (χ2n) is 6.44. The van der Waals surface area contributed by atoms with E-state index in [2.05, 4.69) is 0 Å². The fourth-order valence-electron chi connectivity index (χ4n) is 3.20. The number of nitrogens with zero attached hydrogens (tertiary/aromatic N) is 2. The summed E-state index contributed by atoms with van der Waals surface area (Å²) in [5, 5.41) is 0. The Morgan fingerprint density at radius 3 is 2.75 bits per heavy atom. The summed E-state index contributed by atoms with van der Waals surface area (Å²) < 4.78 is 5.43. The van der Waals surface area contributed by atoms with Crippen LogP contribution in [0.1, 0.15) is 46.0 Å². The van der Waals surface area contributed by atoms with Crippen molar-refractivity contribution < 1.29 is 19.1 Å². The van der Waals surface area contributed by atoms with Gasteiger partial charge in [0.05, 0.1) is 23.8 Å². The molecule has 6 nitrogen and oxygen atoms in total. The van der Waals surface area contributed by atoms with Crippen molar-refractivity contribution in [1.29, 1.82) is 0 Å². The molecule has 1 atom stereocenters. The summed E-state index contributed by atoms with van der Waals surface area (Å²) in [5.74, 6) is -0.466. The van der Waals surface area contributed by atoms with E-state index in [1.54, 1.807) is 17.0 Å². The number of benzene rings is 1. The van der Waals surface area contributed by atoms with Gasteiger partial charge in [0.15, 0.2) is 0 Å². The molecule has 3 amide bonds. The summed E-state index contributed by atoms with van der Waals surface area (Å²) in [6.45, 7) is 5.88. The number of hydrogen-bond acceptors (Lipinski definition) is 4. The summed E-state index contributed by atoms with van der Waals surface area (Å²) in [5.41, 5.74) is 1.88. The largest absolute Gasteiger partial charge is 0.375 e. The highest BCUT2D eigenvalue weighted by Crippen LogP contribution is 2.24. The SMILES string of the molecule is Cc1ccc2c(c1)C(=O)N(CCCC(=O)N1CCOC(C)C1)C2=O. The molecule has 0 aromatic heterocycles. The first kappa shape index (κ1) is 16.6. The van der Waals surface area contributed by atoms with Crippen molar-refractivity contribution in [3.05, 3.63) is 34.9 Å². The first-order chi connectivity index (χ1) is 11.5. The molecule has 1 fully saturated rings. The third-order valence-electron chi connectivity index (χ3n) is 4.49. The van der Waals surface area contributed by atoms with Crippen LogP contribution in [0.2, 0.25) is 0 Å². The number of amides is 3. The molecule has 0 radical (unpaired) electrons. The van der Waals surface area contributed by atoms with E-state index < -0.39 is 0 Å². The van der Waals surface area contributed by atoms with Crippen LogP contribution >= 0.6 is 0 Å². The minimum atomic E-state index is -0.262. The fourth-order valence-corrected chi connectivity index (χ4v) is 3.20. The van der Waals surface area contributed by atoms with Gasteiger partial charge in [-0.2, -0.15) is 0 Å². The van der Waals surface area contributed by atoms with Gasteiger partial charge in [-0.15, -0.1) is 0 Å². The van der Waals surface area contributed by atoms with E-state index >= 15 is 0 Å². The summed E-state index contributed by atoms with van der Waals surface area (Å²) in [6, 6.07) is 5.28. The molecule has 128 valence electrons. The molecule has 0 N–H and O–H groups in total. The van der Waals surface area contributed by atoms with Gasteiger partial charge >= 0.3 is 0 Å². The average Bonchev–Trinajstić information content (AvgIpc) is 2.79. The van der Waals surface area contributed by atoms with Crippen LogP contribution in [0.25, 0.3) is 0 Å². The summed E-state index contributed by atoms with van der Waals surface area (Å²) in [4.78, 5) is 40.0. The molecule has 0 aliphatic carbocycles.